The number of hydrogen-bond donors (Lipinski definition) is 8. The Kier molecular flexibility index (Phi) is 12.9. The molecule has 0 bridgehead atoms. The number of primary amides is 2. The van der Waals surface area contributed by atoms with Gasteiger partial charge in [0, 0.05) is 19.3 Å². The van der Waals surface area contributed by atoms with Crippen LogP contribution in [-0.2, 0) is 40.0 Å². The van der Waals surface area contributed by atoms with Gasteiger partial charge in [0.2, 0.25) is 29.5 Å². The van der Waals surface area contributed by atoms with Crippen LogP contribution in [0.5, 0.6) is 0 Å². The lowest BCUT2D eigenvalue weighted by Gasteiger charge is -2.25. The van der Waals surface area contributed by atoms with Crippen LogP contribution in [0.2, 0.25) is 0 Å². The summed E-state index contributed by atoms with van der Waals surface area (Å²) >= 11 is 0. The second-order valence-corrected chi connectivity index (χ2v) is 8.43. The van der Waals surface area contributed by atoms with Gasteiger partial charge in [-0.2, -0.15) is 0 Å². The van der Waals surface area contributed by atoms with Crippen molar-refractivity contribution in [1.29, 1.82) is 0 Å². The van der Waals surface area contributed by atoms with Gasteiger partial charge in [0.15, 0.2) is 0 Å². The van der Waals surface area contributed by atoms with Gasteiger partial charge in [-0.05, 0) is 18.4 Å². The van der Waals surface area contributed by atoms with Crippen molar-refractivity contribution >= 4 is 41.5 Å². The van der Waals surface area contributed by atoms with Crippen LogP contribution in [0.4, 0.5) is 0 Å². The quantitative estimate of drug-likeness (QED) is 0.100. The number of benzene rings is 1. The van der Waals surface area contributed by atoms with E-state index in [4.69, 9.17) is 22.3 Å². The summed E-state index contributed by atoms with van der Waals surface area (Å²) in [5.41, 5.74) is 16.5. The number of rotatable bonds is 17. The first-order chi connectivity index (χ1) is 17.8. The molecule has 208 valence electrons. The maximum Gasteiger partial charge on any atom is 0.326 e. The fraction of sp³-hybridized carbons (Fsp3) is 0.435. The Morgan fingerprint density at radius 1 is 0.711 bits per heavy atom. The monoisotopic (exact) mass is 536 g/mol. The highest BCUT2D eigenvalue weighted by Crippen LogP contribution is 2.07. The highest BCUT2D eigenvalue weighted by Gasteiger charge is 2.31. The first kappa shape index (κ1) is 31.5. The second kappa shape index (κ2) is 15.6. The normalized spacial score (nSPS) is 13.7. The topological polar surface area (TPSA) is 274 Å². The zero-order valence-electron chi connectivity index (χ0n) is 20.4. The van der Waals surface area contributed by atoms with E-state index in [1.165, 1.54) is 0 Å². The van der Waals surface area contributed by atoms with Crippen molar-refractivity contribution in [3.63, 3.8) is 0 Å². The fourth-order valence-corrected chi connectivity index (χ4v) is 3.25. The van der Waals surface area contributed by atoms with Crippen molar-refractivity contribution in [1.82, 2.24) is 16.0 Å². The van der Waals surface area contributed by atoms with Crippen LogP contribution in [0.3, 0.4) is 0 Å². The third-order valence-corrected chi connectivity index (χ3v) is 5.25. The van der Waals surface area contributed by atoms with Crippen molar-refractivity contribution in [2.75, 3.05) is 0 Å². The maximum atomic E-state index is 13.2. The second-order valence-electron chi connectivity index (χ2n) is 8.43. The van der Waals surface area contributed by atoms with Gasteiger partial charge in [0.05, 0.1) is 12.5 Å². The average Bonchev–Trinajstić information content (AvgIpc) is 2.83. The van der Waals surface area contributed by atoms with Crippen molar-refractivity contribution in [2.45, 2.75) is 62.7 Å². The Labute approximate surface area is 217 Å². The molecule has 4 unspecified atom stereocenters. The minimum Gasteiger partial charge on any atom is -0.481 e. The van der Waals surface area contributed by atoms with E-state index in [2.05, 4.69) is 16.0 Å². The lowest BCUT2D eigenvalue weighted by Crippen LogP contribution is -2.58. The number of hydrogen-bond acceptors (Lipinski definition) is 8. The summed E-state index contributed by atoms with van der Waals surface area (Å²) in [6, 6.07) is 2.78. The molecule has 0 aromatic heterocycles. The molecule has 0 spiro atoms. The number of aliphatic carboxylic acids is 2. The van der Waals surface area contributed by atoms with Gasteiger partial charge in [-0.25, -0.2) is 4.79 Å². The molecule has 38 heavy (non-hydrogen) atoms. The zero-order valence-corrected chi connectivity index (χ0v) is 20.4. The molecule has 0 saturated carbocycles. The van der Waals surface area contributed by atoms with Gasteiger partial charge >= 0.3 is 11.9 Å². The molecule has 0 fully saturated rings. The molecule has 11 N–H and O–H groups in total. The van der Waals surface area contributed by atoms with Crippen LogP contribution in [-0.4, -0.2) is 75.9 Å². The third kappa shape index (κ3) is 11.9. The first-order valence-corrected chi connectivity index (χ1v) is 11.5. The molecule has 15 nitrogen and oxygen atoms in total. The van der Waals surface area contributed by atoms with Crippen molar-refractivity contribution in [3.05, 3.63) is 35.9 Å². The minimum atomic E-state index is -1.69. The fourth-order valence-electron chi connectivity index (χ4n) is 3.25. The Bertz CT molecular complexity index is 1030. The van der Waals surface area contributed by atoms with E-state index in [9.17, 15) is 38.7 Å². The third-order valence-electron chi connectivity index (χ3n) is 5.25. The van der Waals surface area contributed by atoms with E-state index in [1.54, 1.807) is 30.3 Å². The SMILES string of the molecule is NC(=O)CCC(NC(=O)C(Cc1ccccc1)NC(=O)C(N)CCC(=O)O)C(=O)NC(CC(N)=O)C(=O)O. The molecule has 4 atom stereocenters. The molecule has 1 aromatic rings. The lowest BCUT2D eigenvalue weighted by molar-refractivity contribution is -0.144. The summed E-state index contributed by atoms with van der Waals surface area (Å²) in [5.74, 6) is -7.24. The summed E-state index contributed by atoms with van der Waals surface area (Å²) in [6.07, 6.45) is -2.02. The van der Waals surface area contributed by atoms with Crippen molar-refractivity contribution in [2.24, 2.45) is 17.2 Å². The van der Waals surface area contributed by atoms with E-state index in [0.717, 1.165) is 0 Å². The predicted octanol–water partition coefficient (Wildman–Crippen LogP) is -2.90. The van der Waals surface area contributed by atoms with E-state index >= 15 is 0 Å². The molecule has 0 aliphatic heterocycles. The number of carboxylic acids is 2. The molecule has 0 aliphatic rings. The molecule has 15 heteroatoms. The molecule has 0 aliphatic carbocycles. The number of carbonyl (C=O) groups excluding carboxylic acids is 5. The van der Waals surface area contributed by atoms with Crippen molar-refractivity contribution < 1.29 is 43.8 Å². The maximum absolute atomic E-state index is 13.2. The summed E-state index contributed by atoms with van der Waals surface area (Å²) in [7, 11) is 0. The van der Waals surface area contributed by atoms with Crippen LogP contribution >= 0.6 is 0 Å². The Morgan fingerprint density at radius 3 is 1.79 bits per heavy atom. The minimum absolute atomic E-state index is 0.0480. The van der Waals surface area contributed by atoms with Crippen LogP contribution in [0.1, 0.15) is 37.7 Å². The number of nitrogens with one attached hydrogen (secondary N) is 3. The van der Waals surface area contributed by atoms with E-state index < -0.39 is 72.1 Å². The summed E-state index contributed by atoms with van der Waals surface area (Å²) < 4.78 is 0. The van der Waals surface area contributed by atoms with E-state index in [1.807, 2.05) is 0 Å². The first-order valence-electron chi connectivity index (χ1n) is 11.5. The molecule has 1 aromatic carbocycles. The van der Waals surface area contributed by atoms with Gasteiger partial charge in [-0.15, -0.1) is 0 Å². The average molecular weight is 537 g/mol. The molecule has 0 heterocycles. The smallest absolute Gasteiger partial charge is 0.326 e. The van der Waals surface area contributed by atoms with E-state index in [0.29, 0.717) is 5.56 Å². The predicted molar refractivity (Wildman–Crippen MR) is 131 cm³/mol. The summed E-state index contributed by atoms with van der Waals surface area (Å²) in [6.45, 7) is 0. The van der Waals surface area contributed by atoms with Crippen LogP contribution < -0.4 is 33.2 Å². The van der Waals surface area contributed by atoms with Crippen molar-refractivity contribution in [3.8, 4) is 0 Å². The van der Waals surface area contributed by atoms with E-state index in [-0.39, 0.29) is 32.1 Å². The van der Waals surface area contributed by atoms with Crippen LogP contribution in [0.15, 0.2) is 30.3 Å². The molecule has 0 saturated heterocycles. The number of carbonyl (C=O) groups is 7. The summed E-state index contributed by atoms with van der Waals surface area (Å²) in [4.78, 5) is 83.2. The van der Waals surface area contributed by atoms with Gasteiger partial charge in [0.25, 0.3) is 0 Å². The molecule has 0 radical (unpaired) electrons. The number of amides is 5. The highest BCUT2D eigenvalue weighted by atomic mass is 16.4. The summed E-state index contributed by atoms with van der Waals surface area (Å²) in [5, 5.41) is 24.9. The molecule has 1 rings (SSSR count). The standard InChI is InChI=1S/C23H32N6O9/c24-13(6-9-19(32)33)20(34)28-15(10-12-4-2-1-3-5-12)22(36)27-14(7-8-17(25)30)21(35)29-16(23(37)38)11-18(26)31/h1-5,13-16H,6-11,24H2,(H2,25,30)(H2,26,31)(H,27,36)(H,28,34)(H,29,35)(H,32,33)(H,37,38). The van der Waals surface area contributed by atoms with Gasteiger partial charge in [-0.1, -0.05) is 30.3 Å². The molecular weight excluding hydrogens is 504 g/mol. The number of nitrogens with two attached hydrogens (primary N) is 3. The van der Waals surface area contributed by atoms with Crippen LogP contribution in [0, 0.1) is 0 Å². The highest BCUT2D eigenvalue weighted by molar-refractivity contribution is 5.95. The van der Waals surface area contributed by atoms with Crippen LogP contribution in [0.25, 0.3) is 0 Å². The van der Waals surface area contributed by atoms with Gasteiger partial charge in [-0.3, -0.25) is 28.8 Å². The van der Waals surface area contributed by atoms with Gasteiger partial charge < -0.3 is 43.4 Å². The Morgan fingerprint density at radius 2 is 1.26 bits per heavy atom. The Hall–Kier alpha value is -4.53. The Balaban J connectivity index is 3.13. The molecule has 5 amide bonds. The zero-order chi connectivity index (χ0) is 28.8. The number of carboxylic acid groups (broad SMARTS) is 2. The molecular formula is C23H32N6O9. The van der Waals surface area contributed by atoms with Gasteiger partial charge in [0.1, 0.15) is 18.1 Å². The lowest BCUT2D eigenvalue weighted by atomic mass is 10.0. The largest absolute Gasteiger partial charge is 0.481 e.